The summed E-state index contributed by atoms with van der Waals surface area (Å²) in [6.07, 6.45) is 0. The van der Waals surface area contributed by atoms with Crippen LogP contribution >= 0.6 is 22.9 Å². The first-order valence-electron chi connectivity index (χ1n) is 9.68. The number of thiophene rings is 1. The van der Waals surface area contributed by atoms with Crippen molar-refractivity contribution in [2.24, 2.45) is 0 Å². The Kier molecular flexibility index (Phi) is 6.53. The van der Waals surface area contributed by atoms with E-state index in [1.54, 1.807) is 13.2 Å². The largest absolute Gasteiger partial charge is 0.497 e. The number of benzene rings is 2. The highest BCUT2D eigenvalue weighted by atomic mass is 35.5. The van der Waals surface area contributed by atoms with Gasteiger partial charge in [-0.15, -0.1) is 11.3 Å². The van der Waals surface area contributed by atoms with Crippen LogP contribution in [-0.2, 0) is 4.74 Å². The molecule has 1 fully saturated rings. The summed E-state index contributed by atoms with van der Waals surface area (Å²) in [4.78, 5) is 15.6. The van der Waals surface area contributed by atoms with Crippen LogP contribution in [0.25, 0.3) is 10.1 Å². The van der Waals surface area contributed by atoms with Crippen LogP contribution < -0.4 is 10.1 Å². The first-order chi connectivity index (χ1) is 14.6. The lowest BCUT2D eigenvalue weighted by Crippen LogP contribution is -2.43. The molecule has 5 nitrogen and oxygen atoms in total. The SMILES string of the molecule is COc1ccc(C(CNC(=O)c2sc3cc(F)ccc3c2Cl)N2CCOCC2)cc1. The van der Waals surface area contributed by atoms with Crippen LogP contribution in [0, 0.1) is 5.82 Å². The van der Waals surface area contributed by atoms with E-state index in [0.717, 1.165) is 24.4 Å². The fourth-order valence-corrected chi connectivity index (χ4v) is 5.09. The van der Waals surface area contributed by atoms with Gasteiger partial charge < -0.3 is 14.8 Å². The summed E-state index contributed by atoms with van der Waals surface area (Å²) in [5.41, 5.74) is 1.09. The monoisotopic (exact) mass is 448 g/mol. The third-order valence-corrected chi connectivity index (χ3v) is 6.90. The summed E-state index contributed by atoms with van der Waals surface area (Å²) in [6, 6.07) is 12.2. The lowest BCUT2D eigenvalue weighted by atomic mass is 10.0. The summed E-state index contributed by atoms with van der Waals surface area (Å²) in [5.74, 6) is 0.181. The zero-order valence-electron chi connectivity index (χ0n) is 16.5. The Hall–Kier alpha value is -2.19. The van der Waals surface area contributed by atoms with Crippen molar-refractivity contribution in [3.05, 3.63) is 63.7 Å². The van der Waals surface area contributed by atoms with Crippen molar-refractivity contribution in [3.63, 3.8) is 0 Å². The normalized spacial score (nSPS) is 15.8. The summed E-state index contributed by atoms with van der Waals surface area (Å²) in [7, 11) is 1.63. The number of morpholine rings is 1. The maximum Gasteiger partial charge on any atom is 0.262 e. The van der Waals surface area contributed by atoms with Gasteiger partial charge in [-0.05, 0) is 35.9 Å². The number of nitrogens with zero attached hydrogens (tertiary/aromatic N) is 1. The maximum absolute atomic E-state index is 13.5. The van der Waals surface area contributed by atoms with Crippen molar-refractivity contribution in [2.45, 2.75) is 6.04 Å². The predicted molar refractivity (Wildman–Crippen MR) is 117 cm³/mol. The number of amides is 1. The molecule has 3 aromatic rings. The maximum atomic E-state index is 13.5. The van der Waals surface area contributed by atoms with Crippen LogP contribution in [0.4, 0.5) is 4.39 Å². The van der Waals surface area contributed by atoms with Crippen molar-refractivity contribution < 1.29 is 18.7 Å². The fraction of sp³-hybridized carbons (Fsp3) is 0.318. The van der Waals surface area contributed by atoms with E-state index in [-0.39, 0.29) is 17.8 Å². The molecule has 1 unspecified atom stereocenters. The van der Waals surface area contributed by atoms with Gasteiger partial charge in [0.05, 0.1) is 31.4 Å². The summed E-state index contributed by atoms with van der Waals surface area (Å²) in [6.45, 7) is 3.32. The number of ether oxygens (including phenoxy) is 2. The minimum absolute atomic E-state index is 0.00523. The van der Waals surface area contributed by atoms with E-state index >= 15 is 0 Å². The van der Waals surface area contributed by atoms with Gasteiger partial charge in [0, 0.05) is 29.7 Å². The van der Waals surface area contributed by atoms with Gasteiger partial charge in [0.15, 0.2) is 0 Å². The van der Waals surface area contributed by atoms with E-state index in [1.807, 2.05) is 24.3 Å². The van der Waals surface area contributed by atoms with Crippen molar-refractivity contribution in [2.75, 3.05) is 40.0 Å². The zero-order chi connectivity index (χ0) is 21.1. The second kappa shape index (κ2) is 9.31. The Morgan fingerprint density at radius 2 is 2.00 bits per heavy atom. The summed E-state index contributed by atoms with van der Waals surface area (Å²) in [5, 5.41) is 4.07. The lowest BCUT2D eigenvalue weighted by Gasteiger charge is -2.35. The number of carbonyl (C=O) groups is 1. The first-order valence-corrected chi connectivity index (χ1v) is 10.9. The Morgan fingerprint density at radius 1 is 1.27 bits per heavy atom. The predicted octanol–water partition coefficient (Wildman–Crippen LogP) is 4.51. The minimum Gasteiger partial charge on any atom is -0.497 e. The van der Waals surface area contributed by atoms with E-state index in [0.29, 0.717) is 39.7 Å². The van der Waals surface area contributed by atoms with Gasteiger partial charge in [-0.1, -0.05) is 23.7 Å². The molecule has 0 saturated carbocycles. The van der Waals surface area contributed by atoms with Gasteiger partial charge >= 0.3 is 0 Å². The standard InChI is InChI=1S/C22H22ClFN2O3S/c1-28-16-5-2-14(3-6-16)18(26-8-10-29-11-9-26)13-25-22(27)21-20(23)17-7-4-15(24)12-19(17)30-21/h2-7,12,18H,8-11,13H2,1H3,(H,25,27). The quantitative estimate of drug-likeness (QED) is 0.603. The van der Waals surface area contributed by atoms with Gasteiger partial charge in [0.1, 0.15) is 16.4 Å². The molecule has 1 N–H and O–H groups in total. The number of hydrogen-bond donors (Lipinski definition) is 1. The van der Waals surface area contributed by atoms with E-state index in [2.05, 4.69) is 10.2 Å². The molecule has 30 heavy (non-hydrogen) atoms. The average molecular weight is 449 g/mol. The fourth-order valence-electron chi connectivity index (χ4n) is 3.63. The topological polar surface area (TPSA) is 50.8 Å². The number of nitrogens with one attached hydrogen (secondary N) is 1. The molecule has 1 aliphatic rings. The second-order valence-electron chi connectivity index (χ2n) is 7.03. The molecular formula is C22H22ClFN2O3S. The van der Waals surface area contributed by atoms with Crippen LogP contribution in [0.5, 0.6) is 5.75 Å². The number of carbonyl (C=O) groups excluding carboxylic acids is 1. The smallest absolute Gasteiger partial charge is 0.262 e. The van der Waals surface area contributed by atoms with Crippen molar-refractivity contribution in [1.29, 1.82) is 0 Å². The molecule has 0 spiro atoms. The highest BCUT2D eigenvalue weighted by Crippen LogP contribution is 2.35. The Labute approximate surface area is 183 Å². The van der Waals surface area contributed by atoms with Crippen molar-refractivity contribution >= 4 is 38.9 Å². The van der Waals surface area contributed by atoms with E-state index in [9.17, 15) is 9.18 Å². The summed E-state index contributed by atoms with van der Waals surface area (Å²) < 4.78 is 24.9. The number of fused-ring (bicyclic) bond motifs is 1. The first kappa shape index (κ1) is 21.1. The van der Waals surface area contributed by atoms with Gasteiger partial charge in [-0.3, -0.25) is 9.69 Å². The minimum atomic E-state index is -0.348. The molecule has 0 radical (unpaired) electrons. The summed E-state index contributed by atoms with van der Waals surface area (Å²) >= 11 is 7.61. The number of hydrogen-bond acceptors (Lipinski definition) is 5. The van der Waals surface area contributed by atoms with E-state index in [1.165, 1.54) is 23.5 Å². The van der Waals surface area contributed by atoms with Crippen LogP contribution in [0.1, 0.15) is 21.3 Å². The van der Waals surface area contributed by atoms with Gasteiger partial charge in [0.2, 0.25) is 0 Å². The van der Waals surface area contributed by atoms with Crippen LogP contribution in [0.3, 0.4) is 0 Å². The van der Waals surface area contributed by atoms with E-state index in [4.69, 9.17) is 21.1 Å². The molecule has 1 aromatic heterocycles. The van der Waals surface area contributed by atoms with Crippen molar-refractivity contribution in [3.8, 4) is 5.75 Å². The molecular weight excluding hydrogens is 427 g/mol. The lowest BCUT2D eigenvalue weighted by molar-refractivity contribution is 0.0162. The third-order valence-electron chi connectivity index (χ3n) is 5.24. The Morgan fingerprint density at radius 3 is 2.70 bits per heavy atom. The molecule has 2 heterocycles. The second-order valence-corrected chi connectivity index (χ2v) is 8.46. The molecule has 1 aliphatic heterocycles. The number of rotatable bonds is 6. The molecule has 158 valence electrons. The molecule has 1 atom stereocenters. The number of methoxy groups -OCH3 is 1. The van der Waals surface area contributed by atoms with Crippen LogP contribution in [0.15, 0.2) is 42.5 Å². The van der Waals surface area contributed by atoms with Gasteiger partial charge in [-0.25, -0.2) is 4.39 Å². The molecule has 0 aliphatic carbocycles. The molecule has 0 bridgehead atoms. The van der Waals surface area contributed by atoms with Gasteiger partial charge in [0.25, 0.3) is 5.91 Å². The average Bonchev–Trinajstić information content (AvgIpc) is 3.10. The molecule has 4 rings (SSSR count). The highest BCUT2D eigenvalue weighted by Gasteiger charge is 2.25. The molecule has 2 aromatic carbocycles. The number of halogens is 2. The molecule has 1 amide bonds. The van der Waals surface area contributed by atoms with Crippen molar-refractivity contribution in [1.82, 2.24) is 10.2 Å². The van der Waals surface area contributed by atoms with Crippen LogP contribution in [0.2, 0.25) is 5.02 Å². The van der Waals surface area contributed by atoms with Gasteiger partial charge in [-0.2, -0.15) is 0 Å². The zero-order valence-corrected chi connectivity index (χ0v) is 18.1. The molecule has 8 heteroatoms. The highest BCUT2D eigenvalue weighted by molar-refractivity contribution is 7.21. The Bertz CT molecular complexity index is 1030. The van der Waals surface area contributed by atoms with Crippen LogP contribution in [-0.4, -0.2) is 50.8 Å². The molecule has 1 saturated heterocycles. The Balaban J connectivity index is 1.54. The third kappa shape index (κ3) is 4.44. The van der Waals surface area contributed by atoms with E-state index < -0.39 is 0 Å².